The summed E-state index contributed by atoms with van der Waals surface area (Å²) in [6.45, 7) is 9.36. The number of halogens is 1. The average Bonchev–Trinajstić information content (AvgIpc) is 3.44. The van der Waals surface area contributed by atoms with Crippen molar-refractivity contribution in [2.75, 3.05) is 52.4 Å². The normalized spacial score (nSPS) is 19.2. The van der Waals surface area contributed by atoms with Gasteiger partial charge in [-0.2, -0.15) is 0 Å². The molecule has 1 atom stereocenters. The van der Waals surface area contributed by atoms with Crippen LogP contribution in [0.15, 0.2) is 21.7 Å². The van der Waals surface area contributed by atoms with E-state index in [0.29, 0.717) is 38.5 Å². The molecule has 9 nitrogen and oxygen atoms in total. The molecule has 2 saturated heterocycles. The Morgan fingerprint density at radius 2 is 1.94 bits per heavy atom. The van der Waals surface area contributed by atoms with Crippen molar-refractivity contribution in [3.63, 3.8) is 0 Å². The maximum atomic E-state index is 12.5. The molecule has 2 aliphatic rings. The van der Waals surface area contributed by atoms with Gasteiger partial charge in [0.15, 0.2) is 11.7 Å². The van der Waals surface area contributed by atoms with Crippen molar-refractivity contribution in [1.82, 2.24) is 20.4 Å². The van der Waals surface area contributed by atoms with Crippen molar-refractivity contribution in [3.05, 3.63) is 23.7 Å². The van der Waals surface area contributed by atoms with E-state index in [2.05, 4.69) is 15.5 Å². The SMILES string of the molecule is CCNC(=NCCCNC(=O)c1occc1C)N1CCN(C(=O)C2CCCO2)CC1.I. The minimum absolute atomic E-state index is 0. The summed E-state index contributed by atoms with van der Waals surface area (Å²) in [4.78, 5) is 33.3. The minimum Gasteiger partial charge on any atom is -0.459 e. The number of carbonyl (C=O) groups is 2. The number of carbonyl (C=O) groups excluding carboxylic acids is 2. The quantitative estimate of drug-likeness (QED) is 0.233. The van der Waals surface area contributed by atoms with Crippen LogP contribution >= 0.6 is 24.0 Å². The van der Waals surface area contributed by atoms with E-state index < -0.39 is 0 Å². The first-order chi connectivity index (χ1) is 14.6. The van der Waals surface area contributed by atoms with Crippen LogP contribution in [-0.2, 0) is 9.53 Å². The minimum atomic E-state index is -0.251. The van der Waals surface area contributed by atoms with Crippen LogP contribution in [0.2, 0.25) is 0 Å². The molecule has 3 rings (SSSR count). The largest absolute Gasteiger partial charge is 0.459 e. The smallest absolute Gasteiger partial charge is 0.287 e. The summed E-state index contributed by atoms with van der Waals surface area (Å²) in [5.74, 6) is 1.15. The maximum absolute atomic E-state index is 12.5. The summed E-state index contributed by atoms with van der Waals surface area (Å²) in [5.41, 5.74) is 0.831. The van der Waals surface area contributed by atoms with Crippen LogP contribution in [-0.4, -0.2) is 86.1 Å². The van der Waals surface area contributed by atoms with E-state index in [4.69, 9.17) is 14.1 Å². The number of guanidine groups is 1. The Labute approximate surface area is 201 Å². The fourth-order valence-corrected chi connectivity index (χ4v) is 3.69. The lowest BCUT2D eigenvalue weighted by Gasteiger charge is -2.37. The predicted molar refractivity (Wildman–Crippen MR) is 129 cm³/mol. The predicted octanol–water partition coefficient (Wildman–Crippen LogP) is 1.61. The summed E-state index contributed by atoms with van der Waals surface area (Å²) in [7, 11) is 0. The second-order valence-electron chi connectivity index (χ2n) is 7.59. The number of hydrogen-bond acceptors (Lipinski definition) is 5. The van der Waals surface area contributed by atoms with Crippen molar-refractivity contribution in [2.24, 2.45) is 4.99 Å². The zero-order valence-electron chi connectivity index (χ0n) is 18.4. The van der Waals surface area contributed by atoms with Crippen LogP contribution in [0.3, 0.4) is 0 Å². The number of ether oxygens (including phenoxy) is 1. The lowest BCUT2D eigenvalue weighted by Crippen LogP contribution is -2.55. The van der Waals surface area contributed by atoms with Gasteiger partial charge in [0.05, 0.1) is 6.26 Å². The molecule has 2 fully saturated rings. The fourth-order valence-electron chi connectivity index (χ4n) is 3.69. The van der Waals surface area contributed by atoms with Crippen LogP contribution < -0.4 is 10.6 Å². The van der Waals surface area contributed by atoms with E-state index in [1.807, 2.05) is 18.7 Å². The van der Waals surface area contributed by atoms with Gasteiger partial charge in [0.2, 0.25) is 0 Å². The first-order valence-electron chi connectivity index (χ1n) is 10.9. The topological polar surface area (TPSA) is 99.4 Å². The summed E-state index contributed by atoms with van der Waals surface area (Å²) in [6.07, 6.45) is 3.80. The molecule has 10 heteroatoms. The number of rotatable bonds is 7. The van der Waals surface area contributed by atoms with Crippen molar-refractivity contribution in [1.29, 1.82) is 0 Å². The maximum Gasteiger partial charge on any atom is 0.287 e. The van der Waals surface area contributed by atoms with E-state index in [-0.39, 0.29) is 41.9 Å². The van der Waals surface area contributed by atoms with E-state index in [1.54, 1.807) is 6.07 Å². The van der Waals surface area contributed by atoms with E-state index in [1.165, 1.54) is 6.26 Å². The van der Waals surface area contributed by atoms with Gasteiger partial charge in [-0.25, -0.2) is 0 Å². The van der Waals surface area contributed by atoms with Crippen molar-refractivity contribution in [3.8, 4) is 0 Å². The molecule has 174 valence electrons. The Morgan fingerprint density at radius 1 is 1.19 bits per heavy atom. The van der Waals surface area contributed by atoms with Crippen LogP contribution in [0.4, 0.5) is 0 Å². The first kappa shape index (κ1) is 25.4. The van der Waals surface area contributed by atoms with Gasteiger partial charge in [-0.1, -0.05) is 0 Å². The molecule has 0 aliphatic carbocycles. The van der Waals surface area contributed by atoms with Gasteiger partial charge in [0, 0.05) is 58.0 Å². The van der Waals surface area contributed by atoms with Gasteiger partial charge in [-0.3, -0.25) is 14.6 Å². The summed E-state index contributed by atoms with van der Waals surface area (Å²) >= 11 is 0. The summed E-state index contributed by atoms with van der Waals surface area (Å²) in [5, 5.41) is 6.19. The van der Waals surface area contributed by atoms with Gasteiger partial charge in [0.25, 0.3) is 11.8 Å². The number of hydrogen-bond donors (Lipinski definition) is 2. The molecule has 2 amide bonds. The Hall–Kier alpha value is -1.82. The second kappa shape index (κ2) is 12.9. The van der Waals surface area contributed by atoms with E-state index in [0.717, 1.165) is 50.4 Å². The number of nitrogens with one attached hydrogen (secondary N) is 2. The second-order valence-corrected chi connectivity index (χ2v) is 7.59. The molecular formula is C21H34IN5O4. The Bertz CT molecular complexity index is 740. The average molecular weight is 547 g/mol. The van der Waals surface area contributed by atoms with Crippen LogP contribution in [0.1, 0.15) is 42.3 Å². The third-order valence-electron chi connectivity index (χ3n) is 5.38. The van der Waals surface area contributed by atoms with Crippen molar-refractivity contribution >= 4 is 41.8 Å². The molecule has 0 spiro atoms. The summed E-state index contributed by atoms with van der Waals surface area (Å²) < 4.78 is 10.7. The molecule has 31 heavy (non-hydrogen) atoms. The molecular weight excluding hydrogens is 513 g/mol. The van der Waals surface area contributed by atoms with Crippen molar-refractivity contribution < 1.29 is 18.7 Å². The number of nitrogens with zero attached hydrogens (tertiary/aromatic N) is 3. The fraction of sp³-hybridized carbons (Fsp3) is 0.667. The molecule has 3 heterocycles. The van der Waals surface area contributed by atoms with Crippen LogP contribution in [0.25, 0.3) is 0 Å². The molecule has 1 aromatic heterocycles. The molecule has 1 unspecified atom stereocenters. The third kappa shape index (κ3) is 7.09. The number of furan rings is 1. The number of amides is 2. The highest BCUT2D eigenvalue weighted by atomic mass is 127. The number of aliphatic imine (C=N–C) groups is 1. The van der Waals surface area contributed by atoms with E-state index in [9.17, 15) is 9.59 Å². The first-order valence-corrected chi connectivity index (χ1v) is 10.9. The Morgan fingerprint density at radius 3 is 2.55 bits per heavy atom. The molecule has 0 radical (unpaired) electrons. The molecule has 0 bridgehead atoms. The van der Waals surface area contributed by atoms with Gasteiger partial charge in [0.1, 0.15) is 6.10 Å². The zero-order valence-corrected chi connectivity index (χ0v) is 20.7. The highest BCUT2D eigenvalue weighted by Crippen LogP contribution is 2.16. The summed E-state index contributed by atoms with van der Waals surface area (Å²) in [6, 6.07) is 1.77. The monoisotopic (exact) mass is 547 g/mol. The molecule has 0 aromatic carbocycles. The molecule has 1 aromatic rings. The molecule has 2 aliphatic heterocycles. The lowest BCUT2D eigenvalue weighted by molar-refractivity contribution is -0.142. The molecule has 2 N–H and O–H groups in total. The third-order valence-corrected chi connectivity index (χ3v) is 5.38. The van der Waals surface area contributed by atoms with Gasteiger partial charge < -0.3 is 29.6 Å². The van der Waals surface area contributed by atoms with Crippen LogP contribution in [0.5, 0.6) is 0 Å². The van der Waals surface area contributed by atoms with Gasteiger partial charge >= 0.3 is 0 Å². The lowest BCUT2D eigenvalue weighted by atomic mass is 10.2. The van der Waals surface area contributed by atoms with Gasteiger partial charge in [-0.05, 0) is 39.2 Å². The Kier molecular flexibility index (Phi) is 10.6. The molecule has 0 saturated carbocycles. The standard InChI is InChI=1S/C21H33N5O4.HI/c1-3-22-21(24-9-5-8-23-19(27)18-16(2)7-15-30-18)26-12-10-25(11-13-26)20(28)17-6-4-14-29-17;/h7,15,17H,3-6,8-14H2,1-2H3,(H,22,24)(H,23,27);1H. The van der Waals surface area contributed by atoms with Gasteiger partial charge in [-0.15, -0.1) is 24.0 Å². The zero-order chi connectivity index (χ0) is 21.3. The highest BCUT2D eigenvalue weighted by molar-refractivity contribution is 14.0. The van der Waals surface area contributed by atoms with Crippen LogP contribution in [0, 0.1) is 6.92 Å². The van der Waals surface area contributed by atoms with E-state index >= 15 is 0 Å². The highest BCUT2D eigenvalue weighted by Gasteiger charge is 2.30. The van der Waals surface area contributed by atoms with Crippen molar-refractivity contribution in [2.45, 2.75) is 39.2 Å². The number of aryl methyl sites for hydroxylation is 1. The number of piperazine rings is 1. The Balaban J connectivity index is 0.00000341.